The predicted octanol–water partition coefficient (Wildman–Crippen LogP) is 2.96. The van der Waals surface area contributed by atoms with E-state index in [4.69, 9.17) is 16.1 Å². The molecule has 0 aliphatic rings. The van der Waals surface area contributed by atoms with Crippen molar-refractivity contribution in [3.8, 4) is 0 Å². The van der Waals surface area contributed by atoms with Crippen LogP contribution in [0.1, 0.15) is 25.2 Å². The summed E-state index contributed by atoms with van der Waals surface area (Å²) >= 11 is 5.85. The van der Waals surface area contributed by atoms with E-state index in [2.05, 4.69) is 15.8 Å². The number of nitrogens with zero attached hydrogens (tertiary/aromatic N) is 1. The summed E-state index contributed by atoms with van der Waals surface area (Å²) in [7, 11) is 0. The van der Waals surface area contributed by atoms with E-state index >= 15 is 0 Å². The van der Waals surface area contributed by atoms with E-state index in [1.54, 1.807) is 32.0 Å². The molecule has 7 heteroatoms. The molecule has 1 heterocycles. The summed E-state index contributed by atoms with van der Waals surface area (Å²) in [5.74, 6) is 0.112. The molecule has 0 radical (unpaired) electrons. The summed E-state index contributed by atoms with van der Waals surface area (Å²) in [5, 5.41) is 9.63. The topological polar surface area (TPSA) is 84.2 Å². The summed E-state index contributed by atoms with van der Waals surface area (Å²) in [4.78, 5) is 24.3. The van der Waals surface area contributed by atoms with E-state index in [-0.39, 0.29) is 17.7 Å². The number of rotatable bonds is 6. The first-order valence-corrected chi connectivity index (χ1v) is 8.02. The average Bonchev–Trinajstić information content (AvgIpc) is 2.94. The lowest BCUT2D eigenvalue weighted by atomic mass is 10.00. The number of carbonyl (C=O) groups excluding carboxylic acids is 2. The minimum atomic E-state index is -0.679. The number of hydrogen-bond donors (Lipinski definition) is 2. The number of aromatic nitrogens is 1. The lowest BCUT2D eigenvalue weighted by molar-refractivity contribution is -0.128. The molecule has 128 valence electrons. The van der Waals surface area contributed by atoms with Crippen LogP contribution in [0.2, 0.25) is 5.02 Å². The number of nitrogens with one attached hydrogen (secondary N) is 2. The number of anilines is 1. The second-order valence-electron chi connectivity index (χ2n) is 5.77. The number of hydrogen-bond acceptors (Lipinski definition) is 4. The van der Waals surface area contributed by atoms with Crippen molar-refractivity contribution in [3.63, 3.8) is 0 Å². The lowest BCUT2D eigenvalue weighted by Gasteiger charge is -2.17. The van der Waals surface area contributed by atoms with Gasteiger partial charge in [-0.1, -0.05) is 35.8 Å². The zero-order valence-electron chi connectivity index (χ0n) is 13.8. The Kier molecular flexibility index (Phi) is 5.98. The molecule has 0 aliphatic heterocycles. The van der Waals surface area contributed by atoms with Crippen LogP contribution in [0, 0.1) is 12.8 Å². The van der Waals surface area contributed by atoms with Gasteiger partial charge in [0.05, 0.1) is 0 Å². The van der Waals surface area contributed by atoms with Crippen LogP contribution < -0.4 is 10.6 Å². The largest absolute Gasteiger partial charge is 0.360 e. The van der Waals surface area contributed by atoms with Crippen LogP contribution in [-0.4, -0.2) is 23.0 Å². The molecule has 24 heavy (non-hydrogen) atoms. The fourth-order valence-electron chi connectivity index (χ4n) is 2.15. The van der Waals surface area contributed by atoms with Gasteiger partial charge in [-0.3, -0.25) is 9.59 Å². The Balaban J connectivity index is 1.85. The van der Waals surface area contributed by atoms with Crippen molar-refractivity contribution in [2.24, 2.45) is 5.92 Å². The van der Waals surface area contributed by atoms with Gasteiger partial charge in [-0.2, -0.15) is 0 Å². The molecule has 0 saturated carbocycles. The van der Waals surface area contributed by atoms with Crippen molar-refractivity contribution < 1.29 is 14.1 Å². The molecule has 0 saturated heterocycles. The molecule has 0 bridgehead atoms. The molecule has 1 unspecified atom stereocenters. The van der Waals surface area contributed by atoms with Gasteiger partial charge in [0.15, 0.2) is 5.82 Å². The molecule has 0 aliphatic carbocycles. The molecular weight excluding hydrogens is 330 g/mol. The van der Waals surface area contributed by atoms with Crippen LogP contribution in [0.25, 0.3) is 0 Å². The number of halogens is 1. The number of benzene rings is 1. The average molecular weight is 350 g/mol. The smallest absolute Gasteiger partial charge is 0.247 e. The summed E-state index contributed by atoms with van der Waals surface area (Å²) < 4.78 is 4.88. The monoisotopic (exact) mass is 349 g/mol. The van der Waals surface area contributed by atoms with Gasteiger partial charge in [0, 0.05) is 17.0 Å². The molecule has 2 aromatic rings. The van der Waals surface area contributed by atoms with Crippen molar-refractivity contribution >= 4 is 29.2 Å². The van der Waals surface area contributed by atoms with Crippen LogP contribution in [0.15, 0.2) is 34.9 Å². The Morgan fingerprint density at radius 1 is 1.21 bits per heavy atom. The van der Waals surface area contributed by atoms with E-state index in [1.165, 1.54) is 0 Å². The molecular formula is C17H20ClN3O3. The summed E-state index contributed by atoms with van der Waals surface area (Å²) in [6.45, 7) is 5.16. The molecule has 1 aromatic heterocycles. The highest BCUT2D eigenvalue weighted by molar-refractivity contribution is 6.30. The Morgan fingerprint density at radius 3 is 2.46 bits per heavy atom. The fraction of sp³-hybridized carbons (Fsp3) is 0.353. The molecule has 2 amide bonds. The number of aryl methyl sites for hydroxylation is 1. The third-order valence-corrected chi connectivity index (χ3v) is 3.79. The van der Waals surface area contributed by atoms with Crippen LogP contribution in [-0.2, 0) is 16.0 Å². The highest BCUT2D eigenvalue weighted by Crippen LogP contribution is 2.14. The first kappa shape index (κ1) is 18.0. The van der Waals surface area contributed by atoms with Gasteiger partial charge in [-0.05, 0) is 38.0 Å². The standard InChI is InChI=1S/C17H20ClN3O3/c1-10(8-13-4-6-14(18)7-5-13)16(22)19-12(3)17(23)20-15-9-11(2)24-21-15/h4-7,9-10,12H,8H2,1-3H3,(H,19,22)(H,20,21,23)/t10?,12-/m1/s1. The number of amides is 2. The zero-order valence-corrected chi connectivity index (χ0v) is 14.6. The fourth-order valence-corrected chi connectivity index (χ4v) is 2.27. The first-order chi connectivity index (χ1) is 11.3. The van der Waals surface area contributed by atoms with Gasteiger partial charge in [0.2, 0.25) is 11.8 Å². The van der Waals surface area contributed by atoms with Crippen molar-refractivity contribution in [3.05, 3.63) is 46.7 Å². The summed E-state index contributed by atoms with van der Waals surface area (Å²) in [6.07, 6.45) is 0.569. The van der Waals surface area contributed by atoms with Gasteiger partial charge in [-0.15, -0.1) is 0 Å². The molecule has 1 aromatic carbocycles. The molecule has 2 N–H and O–H groups in total. The minimum Gasteiger partial charge on any atom is -0.360 e. The second-order valence-corrected chi connectivity index (χ2v) is 6.21. The van der Waals surface area contributed by atoms with Gasteiger partial charge < -0.3 is 15.2 Å². The van der Waals surface area contributed by atoms with Crippen molar-refractivity contribution in [1.82, 2.24) is 10.5 Å². The maximum Gasteiger partial charge on any atom is 0.247 e. The SMILES string of the molecule is Cc1cc(NC(=O)[C@@H](C)NC(=O)C(C)Cc2ccc(Cl)cc2)no1. The maximum atomic E-state index is 12.2. The predicted molar refractivity (Wildman–Crippen MR) is 91.8 cm³/mol. The Morgan fingerprint density at radius 2 is 1.88 bits per heavy atom. The van der Waals surface area contributed by atoms with E-state index in [9.17, 15) is 9.59 Å². The lowest BCUT2D eigenvalue weighted by Crippen LogP contribution is -2.44. The third kappa shape index (κ3) is 5.09. The zero-order chi connectivity index (χ0) is 17.7. The van der Waals surface area contributed by atoms with E-state index < -0.39 is 6.04 Å². The van der Waals surface area contributed by atoms with E-state index in [0.717, 1.165) is 5.56 Å². The van der Waals surface area contributed by atoms with Crippen LogP contribution >= 0.6 is 11.6 Å². The van der Waals surface area contributed by atoms with Crippen LogP contribution in [0.4, 0.5) is 5.82 Å². The minimum absolute atomic E-state index is 0.191. The molecule has 6 nitrogen and oxygen atoms in total. The van der Waals surface area contributed by atoms with Gasteiger partial charge in [0.25, 0.3) is 0 Å². The van der Waals surface area contributed by atoms with Crippen molar-refractivity contribution in [2.75, 3.05) is 5.32 Å². The van der Waals surface area contributed by atoms with Gasteiger partial charge in [0.1, 0.15) is 11.8 Å². The highest BCUT2D eigenvalue weighted by Gasteiger charge is 2.20. The Labute approximate surface area is 145 Å². The molecule has 0 spiro atoms. The van der Waals surface area contributed by atoms with E-state index in [0.29, 0.717) is 23.0 Å². The van der Waals surface area contributed by atoms with E-state index in [1.807, 2.05) is 19.1 Å². The van der Waals surface area contributed by atoms with Crippen molar-refractivity contribution in [2.45, 2.75) is 33.2 Å². The highest BCUT2D eigenvalue weighted by atomic mass is 35.5. The first-order valence-electron chi connectivity index (χ1n) is 7.64. The van der Waals surface area contributed by atoms with Crippen molar-refractivity contribution in [1.29, 1.82) is 0 Å². The van der Waals surface area contributed by atoms with Gasteiger partial charge in [-0.25, -0.2) is 0 Å². The summed E-state index contributed by atoms with van der Waals surface area (Å²) in [5.41, 5.74) is 1.01. The van der Waals surface area contributed by atoms with Crippen LogP contribution in [0.5, 0.6) is 0 Å². The van der Waals surface area contributed by atoms with Gasteiger partial charge >= 0.3 is 0 Å². The third-order valence-electron chi connectivity index (χ3n) is 3.53. The normalized spacial score (nSPS) is 13.2. The second kappa shape index (κ2) is 7.97. The molecule has 2 rings (SSSR count). The van der Waals surface area contributed by atoms with Crippen LogP contribution in [0.3, 0.4) is 0 Å². The Bertz CT molecular complexity index is 712. The number of carbonyl (C=O) groups is 2. The molecule has 2 atom stereocenters. The Hall–Kier alpha value is -2.34. The maximum absolute atomic E-state index is 12.2. The quantitative estimate of drug-likeness (QED) is 0.839. The molecule has 0 fully saturated rings. The summed E-state index contributed by atoms with van der Waals surface area (Å²) in [6, 6.07) is 8.27.